The molecule has 1 aromatic heterocycles. The zero-order valence-electron chi connectivity index (χ0n) is 10.9. The Morgan fingerprint density at radius 1 is 1.45 bits per heavy atom. The van der Waals surface area contributed by atoms with Crippen molar-refractivity contribution in [3.05, 3.63) is 29.6 Å². The van der Waals surface area contributed by atoms with Gasteiger partial charge in [-0.2, -0.15) is 13.2 Å². The van der Waals surface area contributed by atoms with E-state index in [9.17, 15) is 23.1 Å². The van der Waals surface area contributed by atoms with Gasteiger partial charge in [0.25, 0.3) is 5.91 Å². The minimum Gasteiger partial charge on any atom is -0.388 e. The second-order valence-electron chi connectivity index (χ2n) is 5.17. The number of nitrogens with zero attached hydrogens (tertiary/aromatic N) is 2. The van der Waals surface area contributed by atoms with E-state index >= 15 is 0 Å². The predicted molar refractivity (Wildman–Crippen MR) is 65.0 cm³/mol. The molecule has 1 saturated carbocycles. The van der Waals surface area contributed by atoms with Crippen LogP contribution in [0.1, 0.15) is 35.3 Å². The summed E-state index contributed by atoms with van der Waals surface area (Å²) in [5.74, 6) is -0.452. The van der Waals surface area contributed by atoms with Gasteiger partial charge in [-0.25, -0.2) is 0 Å². The van der Waals surface area contributed by atoms with Gasteiger partial charge in [0, 0.05) is 19.8 Å². The molecule has 7 heteroatoms. The average molecular weight is 288 g/mol. The second kappa shape index (κ2) is 5.05. The lowest BCUT2D eigenvalue weighted by atomic mass is 9.80. The number of pyridine rings is 1. The summed E-state index contributed by atoms with van der Waals surface area (Å²) >= 11 is 0. The van der Waals surface area contributed by atoms with Crippen LogP contribution in [-0.2, 0) is 6.18 Å². The van der Waals surface area contributed by atoms with Crippen LogP contribution >= 0.6 is 0 Å². The largest absolute Gasteiger partial charge is 0.433 e. The number of halogens is 3. The molecule has 0 radical (unpaired) electrons. The maximum Gasteiger partial charge on any atom is 0.433 e. The van der Waals surface area contributed by atoms with Crippen molar-refractivity contribution < 1.29 is 23.1 Å². The maximum atomic E-state index is 12.4. The van der Waals surface area contributed by atoms with Crippen molar-refractivity contribution >= 4 is 5.91 Å². The molecule has 0 spiro atoms. The lowest BCUT2D eigenvalue weighted by Gasteiger charge is -2.39. The van der Waals surface area contributed by atoms with Crippen LogP contribution < -0.4 is 0 Å². The van der Waals surface area contributed by atoms with Crippen LogP contribution in [-0.4, -0.2) is 40.1 Å². The minimum absolute atomic E-state index is 0.0726. The normalized spacial score (nSPS) is 17.4. The predicted octanol–water partition coefficient (Wildman–Crippen LogP) is 2.09. The van der Waals surface area contributed by atoms with Gasteiger partial charge in [-0.1, -0.05) is 0 Å². The Labute approximate surface area is 114 Å². The third-order valence-corrected chi connectivity index (χ3v) is 3.46. The fourth-order valence-corrected chi connectivity index (χ4v) is 2.16. The molecule has 0 aromatic carbocycles. The monoisotopic (exact) mass is 288 g/mol. The summed E-state index contributed by atoms with van der Waals surface area (Å²) in [6, 6.07) is 1.87. The minimum atomic E-state index is -4.52. The first-order valence-corrected chi connectivity index (χ1v) is 6.22. The summed E-state index contributed by atoms with van der Waals surface area (Å²) in [5.41, 5.74) is -1.82. The second-order valence-corrected chi connectivity index (χ2v) is 5.17. The molecule has 1 amide bonds. The molecule has 1 aromatic rings. The topological polar surface area (TPSA) is 53.4 Å². The number of rotatable bonds is 3. The third-order valence-electron chi connectivity index (χ3n) is 3.46. The van der Waals surface area contributed by atoms with Gasteiger partial charge in [0.2, 0.25) is 0 Å². The van der Waals surface area contributed by atoms with Crippen molar-refractivity contribution in [1.82, 2.24) is 9.88 Å². The first-order chi connectivity index (χ1) is 9.21. The van der Waals surface area contributed by atoms with E-state index < -0.39 is 23.4 Å². The van der Waals surface area contributed by atoms with Crippen LogP contribution in [0, 0.1) is 0 Å². The number of carbonyl (C=O) groups is 1. The van der Waals surface area contributed by atoms with Crippen molar-refractivity contribution in [2.75, 3.05) is 13.6 Å². The summed E-state index contributed by atoms with van der Waals surface area (Å²) in [4.78, 5) is 16.6. The van der Waals surface area contributed by atoms with E-state index in [0.29, 0.717) is 12.8 Å². The summed E-state index contributed by atoms with van der Waals surface area (Å²) in [6.07, 6.45) is -1.42. The molecule has 0 atom stereocenters. The summed E-state index contributed by atoms with van der Waals surface area (Å²) in [7, 11) is 1.51. The fourth-order valence-electron chi connectivity index (χ4n) is 2.16. The molecule has 0 unspecified atom stereocenters. The van der Waals surface area contributed by atoms with E-state index in [1.807, 2.05) is 0 Å². The number of hydrogen-bond acceptors (Lipinski definition) is 3. The first kappa shape index (κ1) is 14.8. The molecule has 4 nitrogen and oxygen atoms in total. The molecule has 2 rings (SSSR count). The number of likely N-dealkylation sites (N-methyl/N-ethyl adjacent to an activating group) is 1. The molecule has 1 fully saturated rings. The van der Waals surface area contributed by atoms with Gasteiger partial charge in [0.1, 0.15) is 5.69 Å². The lowest BCUT2D eigenvalue weighted by molar-refractivity contribution is -0.141. The number of alkyl halides is 3. The third kappa shape index (κ3) is 3.09. The first-order valence-electron chi connectivity index (χ1n) is 6.22. The highest BCUT2D eigenvalue weighted by Crippen LogP contribution is 2.32. The highest BCUT2D eigenvalue weighted by Gasteiger charge is 2.37. The molecular weight excluding hydrogens is 273 g/mol. The molecule has 0 saturated heterocycles. The van der Waals surface area contributed by atoms with E-state index in [1.165, 1.54) is 11.9 Å². The molecule has 1 heterocycles. The van der Waals surface area contributed by atoms with E-state index in [2.05, 4.69) is 4.98 Å². The molecule has 1 aliphatic carbocycles. The number of hydrogen-bond donors (Lipinski definition) is 1. The smallest absolute Gasteiger partial charge is 0.388 e. The van der Waals surface area contributed by atoms with Gasteiger partial charge in [0.15, 0.2) is 0 Å². The Kier molecular flexibility index (Phi) is 3.73. The lowest BCUT2D eigenvalue weighted by Crippen LogP contribution is -2.48. The SMILES string of the molecule is CN(CC1(O)CCC1)C(=O)c1ccc(C(F)(F)F)nc1. The number of aromatic nitrogens is 1. The van der Waals surface area contributed by atoms with Gasteiger partial charge in [-0.15, -0.1) is 0 Å². The fraction of sp³-hybridized carbons (Fsp3) is 0.538. The highest BCUT2D eigenvalue weighted by molar-refractivity contribution is 5.93. The van der Waals surface area contributed by atoms with Crippen LogP contribution in [0.4, 0.5) is 13.2 Å². The van der Waals surface area contributed by atoms with Crippen molar-refractivity contribution in [3.8, 4) is 0 Å². The van der Waals surface area contributed by atoms with E-state index in [0.717, 1.165) is 24.8 Å². The Hall–Kier alpha value is -1.63. The summed E-state index contributed by atoms with van der Waals surface area (Å²) < 4.78 is 37.1. The number of aliphatic hydroxyl groups is 1. The summed E-state index contributed by atoms with van der Waals surface area (Å²) in [5, 5.41) is 9.97. The molecule has 0 bridgehead atoms. The Bertz CT molecular complexity index is 495. The molecule has 110 valence electrons. The van der Waals surface area contributed by atoms with Crippen LogP contribution in [0.2, 0.25) is 0 Å². The molecule has 1 aliphatic rings. The molecular formula is C13H15F3N2O2. The summed E-state index contributed by atoms with van der Waals surface area (Å²) in [6.45, 7) is 0.173. The van der Waals surface area contributed by atoms with Gasteiger partial charge >= 0.3 is 6.18 Å². The maximum absolute atomic E-state index is 12.4. The Morgan fingerprint density at radius 2 is 2.10 bits per heavy atom. The van der Waals surface area contributed by atoms with E-state index in [1.54, 1.807) is 0 Å². The van der Waals surface area contributed by atoms with Gasteiger partial charge in [0.05, 0.1) is 11.2 Å². The van der Waals surface area contributed by atoms with Crippen molar-refractivity contribution in [2.45, 2.75) is 31.0 Å². The zero-order chi connectivity index (χ0) is 15.0. The quantitative estimate of drug-likeness (QED) is 0.926. The molecule has 0 aliphatic heterocycles. The molecule has 1 N–H and O–H groups in total. The van der Waals surface area contributed by atoms with Gasteiger partial charge in [-0.3, -0.25) is 9.78 Å². The van der Waals surface area contributed by atoms with Crippen LogP contribution in [0.5, 0.6) is 0 Å². The average Bonchev–Trinajstić information content (AvgIpc) is 2.35. The molecule has 20 heavy (non-hydrogen) atoms. The van der Waals surface area contributed by atoms with E-state index in [4.69, 9.17) is 0 Å². The Balaban J connectivity index is 2.05. The standard InChI is InChI=1S/C13H15F3N2O2/c1-18(8-12(20)5-2-6-12)11(19)9-3-4-10(17-7-9)13(14,15)16/h3-4,7,20H,2,5-6,8H2,1H3. The Morgan fingerprint density at radius 3 is 2.50 bits per heavy atom. The van der Waals surface area contributed by atoms with Crippen molar-refractivity contribution in [3.63, 3.8) is 0 Å². The van der Waals surface area contributed by atoms with Crippen molar-refractivity contribution in [2.24, 2.45) is 0 Å². The van der Waals surface area contributed by atoms with Crippen LogP contribution in [0.15, 0.2) is 18.3 Å². The van der Waals surface area contributed by atoms with Gasteiger partial charge < -0.3 is 10.0 Å². The zero-order valence-corrected chi connectivity index (χ0v) is 10.9. The van der Waals surface area contributed by atoms with Crippen LogP contribution in [0.25, 0.3) is 0 Å². The van der Waals surface area contributed by atoms with Gasteiger partial charge in [-0.05, 0) is 31.4 Å². The highest BCUT2D eigenvalue weighted by atomic mass is 19.4. The number of carbonyl (C=O) groups excluding carboxylic acids is 1. The number of amides is 1. The van der Waals surface area contributed by atoms with Crippen LogP contribution in [0.3, 0.4) is 0 Å². The van der Waals surface area contributed by atoms with Crippen molar-refractivity contribution in [1.29, 1.82) is 0 Å². The van der Waals surface area contributed by atoms with E-state index in [-0.39, 0.29) is 12.1 Å².